The number of hydrogen-bond acceptors (Lipinski definition) is 2. The van der Waals surface area contributed by atoms with Crippen molar-refractivity contribution >= 4 is 0 Å². The highest BCUT2D eigenvalue weighted by Gasteiger charge is 2.35. The van der Waals surface area contributed by atoms with Crippen LogP contribution in [0, 0.1) is 35.5 Å². The third-order valence-corrected chi connectivity index (χ3v) is 8.75. The molecule has 4 rings (SSSR count). The van der Waals surface area contributed by atoms with Gasteiger partial charge < -0.3 is 9.47 Å². The standard InChI is InChI=1S/C26H42F2O2/c27-25(28)16-20-8-10-22(11-9-20)23-12-14-24(15-13-23)26-29-17-21(18-30-26)7-6-19-4-2-1-3-5-19/h16,19-24,26H,1-15,17-18H2. The van der Waals surface area contributed by atoms with Crippen molar-refractivity contribution in [2.45, 2.75) is 103 Å². The Labute approximate surface area is 182 Å². The van der Waals surface area contributed by atoms with Gasteiger partial charge in [0.15, 0.2) is 6.29 Å². The first-order chi connectivity index (χ1) is 14.7. The lowest BCUT2D eigenvalue weighted by molar-refractivity contribution is -0.230. The molecule has 4 heteroatoms. The van der Waals surface area contributed by atoms with Crippen LogP contribution in [-0.2, 0) is 9.47 Å². The lowest BCUT2D eigenvalue weighted by atomic mass is 9.69. The van der Waals surface area contributed by atoms with Gasteiger partial charge in [0, 0.05) is 11.8 Å². The molecule has 3 saturated carbocycles. The SMILES string of the molecule is FC(F)=CC1CCC(C2CCC(C3OCC(CCC4CCCCC4)CO3)CC2)CC1. The molecule has 30 heavy (non-hydrogen) atoms. The topological polar surface area (TPSA) is 18.5 Å². The van der Waals surface area contributed by atoms with Crippen molar-refractivity contribution in [2.24, 2.45) is 35.5 Å². The molecule has 1 heterocycles. The summed E-state index contributed by atoms with van der Waals surface area (Å²) in [7, 11) is 0. The average molecular weight is 425 g/mol. The van der Waals surface area contributed by atoms with Gasteiger partial charge in [0.05, 0.1) is 13.2 Å². The van der Waals surface area contributed by atoms with Crippen molar-refractivity contribution in [3.63, 3.8) is 0 Å². The summed E-state index contributed by atoms with van der Waals surface area (Å²) < 4.78 is 37.4. The Morgan fingerprint density at radius 2 is 1.17 bits per heavy atom. The van der Waals surface area contributed by atoms with E-state index in [4.69, 9.17) is 9.47 Å². The van der Waals surface area contributed by atoms with Crippen LogP contribution in [0.15, 0.2) is 12.2 Å². The monoisotopic (exact) mass is 424 g/mol. The van der Waals surface area contributed by atoms with E-state index in [1.165, 1.54) is 76.7 Å². The lowest BCUT2D eigenvalue weighted by Gasteiger charge is -2.41. The molecule has 4 aliphatic rings. The van der Waals surface area contributed by atoms with Crippen LogP contribution in [0.3, 0.4) is 0 Å². The molecule has 172 valence electrons. The summed E-state index contributed by atoms with van der Waals surface area (Å²) in [4.78, 5) is 0. The normalized spacial score (nSPS) is 38.9. The van der Waals surface area contributed by atoms with Gasteiger partial charge in [0.2, 0.25) is 0 Å². The first-order valence-electron chi connectivity index (χ1n) is 12.9. The van der Waals surface area contributed by atoms with E-state index in [1.54, 1.807) is 0 Å². The summed E-state index contributed by atoms with van der Waals surface area (Å²) in [6.45, 7) is 1.78. The fourth-order valence-corrected chi connectivity index (χ4v) is 6.79. The van der Waals surface area contributed by atoms with Crippen LogP contribution in [0.4, 0.5) is 8.78 Å². The Morgan fingerprint density at radius 1 is 0.633 bits per heavy atom. The van der Waals surface area contributed by atoms with Gasteiger partial charge in [-0.25, -0.2) is 0 Å². The number of halogens is 2. The van der Waals surface area contributed by atoms with Crippen molar-refractivity contribution in [1.82, 2.24) is 0 Å². The molecule has 0 aromatic rings. The van der Waals surface area contributed by atoms with Gasteiger partial charge in [-0.2, -0.15) is 8.78 Å². The van der Waals surface area contributed by atoms with E-state index in [0.717, 1.165) is 56.7 Å². The Balaban J connectivity index is 1.11. The van der Waals surface area contributed by atoms with E-state index >= 15 is 0 Å². The fourth-order valence-electron chi connectivity index (χ4n) is 6.79. The number of allylic oxidation sites excluding steroid dienone is 1. The molecule has 1 aliphatic heterocycles. The van der Waals surface area contributed by atoms with Gasteiger partial charge in [-0.1, -0.05) is 38.5 Å². The zero-order valence-corrected chi connectivity index (χ0v) is 18.7. The Kier molecular flexibility index (Phi) is 8.63. The molecular weight excluding hydrogens is 382 g/mol. The summed E-state index contributed by atoms with van der Waals surface area (Å²) in [6.07, 6.45) is 18.6. The smallest absolute Gasteiger partial charge is 0.266 e. The maximum atomic E-state index is 12.5. The van der Waals surface area contributed by atoms with Crippen molar-refractivity contribution in [1.29, 1.82) is 0 Å². The van der Waals surface area contributed by atoms with Gasteiger partial charge in [0.25, 0.3) is 6.08 Å². The second-order valence-electron chi connectivity index (χ2n) is 10.8. The highest BCUT2D eigenvalue weighted by atomic mass is 19.3. The summed E-state index contributed by atoms with van der Waals surface area (Å²) in [6, 6.07) is 0. The lowest BCUT2D eigenvalue weighted by Crippen LogP contribution is -2.39. The van der Waals surface area contributed by atoms with Crippen LogP contribution in [0.1, 0.15) is 96.3 Å². The molecule has 0 spiro atoms. The van der Waals surface area contributed by atoms with Gasteiger partial charge in [-0.05, 0) is 87.5 Å². The molecule has 0 aromatic carbocycles. The largest absolute Gasteiger partial charge is 0.352 e. The van der Waals surface area contributed by atoms with Crippen molar-refractivity contribution < 1.29 is 18.3 Å². The summed E-state index contributed by atoms with van der Waals surface area (Å²) in [5.41, 5.74) is 0. The molecular formula is C26H42F2O2. The molecule has 0 bridgehead atoms. The Hall–Kier alpha value is -0.480. The maximum absolute atomic E-state index is 12.5. The van der Waals surface area contributed by atoms with E-state index < -0.39 is 6.08 Å². The quantitative estimate of drug-likeness (QED) is 0.434. The third-order valence-electron chi connectivity index (χ3n) is 8.75. The second-order valence-corrected chi connectivity index (χ2v) is 10.8. The summed E-state index contributed by atoms with van der Waals surface area (Å²) >= 11 is 0. The molecule has 4 fully saturated rings. The zero-order valence-electron chi connectivity index (χ0n) is 18.7. The molecule has 3 aliphatic carbocycles. The van der Waals surface area contributed by atoms with Gasteiger partial charge in [0.1, 0.15) is 0 Å². The molecule has 1 saturated heterocycles. The fraction of sp³-hybridized carbons (Fsp3) is 0.923. The van der Waals surface area contributed by atoms with Crippen LogP contribution in [0.25, 0.3) is 0 Å². The molecule has 0 atom stereocenters. The molecule has 0 radical (unpaired) electrons. The molecule has 2 nitrogen and oxygen atoms in total. The average Bonchev–Trinajstić information content (AvgIpc) is 2.79. The summed E-state index contributed by atoms with van der Waals surface area (Å²) in [5, 5.41) is 0. The van der Waals surface area contributed by atoms with Crippen LogP contribution in [0.5, 0.6) is 0 Å². The van der Waals surface area contributed by atoms with E-state index in [2.05, 4.69) is 0 Å². The highest BCUT2D eigenvalue weighted by molar-refractivity contribution is 4.92. The number of ether oxygens (including phenoxy) is 2. The van der Waals surface area contributed by atoms with Crippen LogP contribution >= 0.6 is 0 Å². The minimum atomic E-state index is -1.50. The Morgan fingerprint density at radius 3 is 1.77 bits per heavy atom. The van der Waals surface area contributed by atoms with E-state index in [9.17, 15) is 8.78 Å². The molecule has 0 N–H and O–H groups in total. The molecule has 0 aromatic heterocycles. The van der Waals surface area contributed by atoms with Crippen molar-refractivity contribution in [3.05, 3.63) is 12.2 Å². The third kappa shape index (κ3) is 6.51. The maximum Gasteiger partial charge on any atom is 0.266 e. The van der Waals surface area contributed by atoms with Gasteiger partial charge in [-0.15, -0.1) is 0 Å². The Bertz CT molecular complexity index is 517. The van der Waals surface area contributed by atoms with Crippen molar-refractivity contribution in [3.8, 4) is 0 Å². The first kappa shape index (κ1) is 22.7. The highest BCUT2D eigenvalue weighted by Crippen LogP contribution is 2.43. The second kappa shape index (κ2) is 11.4. The van der Waals surface area contributed by atoms with Gasteiger partial charge in [-0.3, -0.25) is 0 Å². The first-order valence-corrected chi connectivity index (χ1v) is 12.9. The van der Waals surface area contributed by atoms with Crippen molar-refractivity contribution in [2.75, 3.05) is 13.2 Å². The van der Waals surface area contributed by atoms with E-state index in [1.807, 2.05) is 0 Å². The van der Waals surface area contributed by atoms with Crippen LogP contribution in [-0.4, -0.2) is 19.5 Å². The van der Waals surface area contributed by atoms with Gasteiger partial charge >= 0.3 is 0 Å². The van der Waals surface area contributed by atoms with E-state index in [-0.39, 0.29) is 12.2 Å². The molecule has 0 unspecified atom stereocenters. The predicted molar refractivity (Wildman–Crippen MR) is 116 cm³/mol. The summed E-state index contributed by atoms with van der Waals surface area (Å²) in [5.74, 6) is 3.74. The minimum absolute atomic E-state index is 0.0188. The van der Waals surface area contributed by atoms with Crippen LogP contribution < -0.4 is 0 Å². The number of rotatable bonds is 6. The molecule has 0 amide bonds. The van der Waals surface area contributed by atoms with E-state index in [0.29, 0.717) is 11.8 Å². The predicted octanol–water partition coefficient (Wildman–Crippen LogP) is 7.73. The minimum Gasteiger partial charge on any atom is -0.352 e. The zero-order chi connectivity index (χ0) is 20.8. The number of hydrogen-bond donors (Lipinski definition) is 0. The van der Waals surface area contributed by atoms with Crippen LogP contribution in [0.2, 0.25) is 0 Å².